The van der Waals surface area contributed by atoms with Crippen molar-refractivity contribution in [2.24, 2.45) is 23.2 Å². The Balaban J connectivity index is 1.40. The van der Waals surface area contributed by atoms with Gasteiger partial charge in [0, 0.05) is 24.4 Å². The third-order valence-corrected chi connectivity index (χ3v) is 10.8. The molecular formula is C38H46N4O6. The van der Waals surface area contributed by atoms with Crippen LogP contribution in [0.4, 0.5) is 0 Å². The lowest BCUT2D eigenvalue weighted by molar-refractivity contribution is -0.153. The van der Waals surface area contributed by atoms with Gasteiger partial charge in [-0.25, -0.2) is 0 Å². The van der Waals surface area contributed by atoms with Crippen molar-refractivity contribution in [2.45, 2.75) is 83.1 Å². The van der Waals surface area contributed by atoms with E-state index < -0.39 is 52.9 Å². The first-order valence-corrected chi connectivity index (χ1v) is 17.0. The van der Waals surface area contributed by atoms with Crippen molar-refractivity contribution < 1.29 is 28.7 Å². The fraction of sp³-hybridized carbons (Fsp3) is 0.474. The molecule has 0 radical (unpaired) electrons. The van der Waals surface area contributed by atoms with E-state index >= 15 is 4.79 Å². The van der Waals surface area contributed by atoms with Gasteiger partial charge in [-0.1, -0.05) is 91.9 Å². The summed E-state index contributed by atoms with van der Waals surface area (Å²) in [5.74, 6) is -3.02. The summed E-state index contributed by atoms with van der Waals surface area (Å²) < 4.78 is 12.6. The molecule has 1 aliphatic carbocycles. The third kappa shape index (κ3) is 6.19. The zero-order valence-electron chi connectivity index (χ0n) is 28.0. The highest BCUT2D eigenvalue weighted by Gasteiger charge is 2.78. The predicted molar refractivity (Wildman–Crippen MR) is 180 cm³/mol. The van der Waals surface area contributed by atoms with E-state index in [0.29, 0.717) is 19.4 Å². The molecule has 2 saturated heterocycles. The summed E-state index contributed by atoms with van der Waals surface area (Å²) in [6.07, 6.45) is 7.59. The SMILES string of the molecule is C[C@@H]1NC(=O)C([C@@H](C)OCc2ccccc2)NC(=O)[C@@]23C(=O)N[C@@H](Cc4ccccc4)C2[C@H](C)[C@@]2(C)O[C@H]2C3/C=C/C/C=C\CNC1=O. The van der Waals surface area contributed by atoms with E-state index in [9.17, 15) is 14.4 Å². The van der Waals surface area contributed by atoms with Gasteiger partial charge < -0.3 is 30.7 Å². The van der Waals surface area contributed by atoms with E-state index in [1.807, 2.05) is 85.0 Å². The lowest BCUT2D eigenvalue weighted by Gasteiger charge is -2.46. The molecule has 4 amide bonds. The van der Waals surface area contributed by atoms with Crippen LogP contribution in [0.5, 0.6) is 0 Å². The molecule has 2 aromatic rings. The number of epoxide rings is 1. The Morgan fingerprint density at radius 3 is 2.23 bits per heavy atom. The number of amides is 4. The molecule has 3 heterocycles. The van der Waals surface area contributed by atoms with Gasteiger partial charge in [0.1, 0.15) is 17.5 Å². The van der Waals surface area contributed by atoms with Gasteiger partial charge in [-0.2, -0.15) is 0 Å². The van der Waals surface area contributed by atoms with E-state index in [1.54, 1.807) is 13.8 Å². The second-order valence-corrected chi connectivity index (χ2v) is 13.8. The quantitative estimate of drug-likeness (QED) is 0.215. The van der Waals surface area contributed by atoms with Gasteiger partial charge >= 0.3 is 0 Å². The molecule has 0 aromatic heterocycles. The van der Waals surface area contributed by atoms with Crippen LogP contribution in [0.15, 0.2) is 85.0 Å². The first kappa shape index (κ1) is 33.6. The van der Waals surface area contributed by atoms with Gasteiger partial charge in [0.2, 0.25) is 23.6 Å². The molecule has 2 aromatic carbocycles. The fourth-order valence-electron chi connectivity index (χ4n) is 8.02. The number of nitrogens with one attached hydrogen (secondary N) is 4. The predicted octanol–water partition coefficient (Wildman–Crippen LogP) is 2.98. The van der Waals surface area contributed by atoms with Crippen LogP contribution < -0.4 is 21.3 Å². The van der Waals surface area contributed by atoms with Gasteiger partial charge in [-0.15, -0.1) is 0 Å². The Bertz CT molecular complexity index is 1580. The number of carbonyl (C=O) groups excluding carboxylic acids is 4. The molecule has 1 spiro atoms. The fourth-order valence-corrected chi connectivity index (χ4v) is 8.02. The maximum absolute atomic E-state index is 15.1. The lowest BCUT2D eigenvalue weighted by atomic mass is 9.52. The molecule has 3 fully saturated rings. The first-order valence-electron chi connectivity index (χ1n) is 17.0. The molecule has 254 valence electrons. The second-order valence-electron chi connectivity index (χ2n) is 13.8. The van der Waals surface area contributed by atoms with Gasteiger partial charge in [0.25, 0.3) is 0 Å². The summed E-state index contributed by atoms with van der Waals surface area (Å²) in [5, 5.41) is 11.8. The van der Waals surface area contributed by atoms with Gasteiger partial charge in [-0.3, -0.25) is 19.2 Å². The van der Waals surface area contributed by atoms with Gasteiger partial charge in [-0.05, 0) is 50.7 Å². The van der Waals surface area contributed by atoms with Crippen molar-refractivity contribution in [3.63, 3.8) is 0 Å². The van der Waals surface area contributed by atoms with Crippen molar-refractivity contribution in [3.05, 3.63) is 96.1 Å². The number of rotatable bonds is 6. The summed E-state index contributed by atoms with van der Waals surface area (Å²) in [7, 11) is 0. The second kappa shape index (κ2) is 13.7. The number of hydrogen-bond donors (Lipinski definition) is 4. The standard InChI is InChI=1S/C38H46N4O6/c1-23-30-29(21-26-15-9-7-10-16-26)41-35(45)38(30)28(32-37(23,4)48-32)19-13-5-6-14-20-39-33(43)24(2)40-34(44)31(42-36(38)46)25(3)47-22-27-17-11-8-12-18-27/h6-19,23-25,28-32H,5,20-22H2,1-4H3,(H,39,43)(H,40,44)(H,41,45)(H,42,46)/b14-6-,19-13+/t23-,24-,25+,28?,29-,30?,31?,32-,37+,38+/m0/s1. The van der Waals surface area contributed by atoms with Crippen LogP contribution >= 0.6 is 0 Å². The summed E-state index contributed by atoms with van der Waals surface area (Å²) in [6, 6.07) is 17.0. The third-order valence-electron chi connectivity index (χ3n) is 10.8. The maximum atomic E-state index is 15.1. The summed E-state index contributed by atoms with van der Waals surface area (Å²) in [5.41, 5.74) is -0.116. The van der Waals surface area contributed by atoms with Crippen LogP contribution in [0.3, 0.4) is 0 Å². The minimum absolute atomic E-state index is 0.154. The van der Waals surface area contributed by atoms with Crippen LogP contribution in [-0.4, -0.2) is 66.1 Å². The number of ether oxygens (including phenoxy) is 2. The highest BCUT2D eigenvalue weighted by molar-refractivity contribution is 6.09. The van der Waals surface area contributed by atoms with Gasteiger partial charge in [0.15, 0.2) is 0 Å². The number of carbonyl (C=O) groups is 4. The van der Waals surface area contributed by atoms with E-state index in [4.69, 9.17) is 9.47 Å². The molecule has 0 bridgehead atoms. The molecule has 1 saturated carbocycles. The zero-order valence-corrected chi connectivity index (χ0v) is 28.0. The van der Waals surface area contributed by atoms with Crippen molar-refractivity contribution in [2.75, 3.05) is 6.54 Å². The Labute approximate surface area is 282 Å². The molecule has 10 heteroatoms. The average molecular weight is 655 g/mol. The molecule has 6 rings (SSSR count). The highest BCUT2D eigenvalue weighted by Crippen LogP contribution is 2.65. The van der Waals surface area contributed by atoms with E-state index in [1.165, 1.54) is 0 Å². The lowest BCUT2D eigenvalue weighted by Crippen LogP contribution is -2.65. The van der Waals surface area contributed by atoms with Crippen LogP contribution in [-0.2, 0) is 41.7 Å². The number of hydrogen-bond acceptors (Lipinski definition) is 6. The minimum atomic E-state index is -1.56. The topological polar surface area (TPSA) is 138 Å². The van der Waals surface area contributed by atoms with Crippen LogP contribution in [0, 0.1) is 23.2 Å². The molecule has 10 atom stereocenters. The van der Waals surface area contributed by atoms with Crippen LogP contribution in [0.25, 0.3) is 0 Å². The minimum Gasteiger partial charge on any atom is -0.371 e. The highest BCUT2D eigenvalue weighted by atomic mass is 16.6. The molecule has 4 N–H and O–H groups in total. The normalized spacial score (nSPS) is 37.0. The van der Waals surface area contributed by atoms with Crippen molar-refractivity contribution in [1.82, 2.24) is 21.3 Å². The number of fused-ring (bicyclic) bond motifs is 2. The summed E-state index contributed by atoms with van der Waals surface area (Å²) in [6.45, 7) is 7.94. The van der Waals surface area contributed by atoms with Crippen molar-refractivity contribution in [1.29, 1.82) is 0 Å². The molecule has 48 heavy (non-hydrogen) atoms. The van der Waals surface area contributed by atoms with E-state index in [-0.39, 0.29) is 36.5 Å². The number of allylic oxidation sites excluding steroid dienone is 2. The molecule has 4 aliphatic rings. The largest absolute Gasteiger partial charge is 0.371 e. The van der Waals surface area contributed by atoms with Gasteiger partial charge in [0.05, 0.1) is 24.4 Å². The monoisotopic (exact) mass is 654 g/mol. The van der Waals surface area contributed by atoms with E-state index in [2.05, 4.69) is 35.1 Å². The molecule has 10 nitrogen and oxygen atoms in total. The summed E-state index contributed by atoms with van der Waals surface area (Å²) in [4.78, 5) is 56.4. The first-order chi connectivity index (χ1) is 23.1. The van der Waals surface area contributed by atoms with Crippen molar-refractivity contribution in [3.8, 4) is 0 Å². The van der Waals surface area contributed by atoms with Crippen molar-refractivity contribution >= 4 is 23.6 Å². The zero-order chi connectivity index (χ0) is 34.1. The van der Waals surface area contributed by atoms with E-state index in [0.717, 1.165) is 11.1 Å². The van der Waals surface area contributed by atoms with Crippen LogP contribution in [0.2, 0.25) is 0 Å². The molecule has 3 unspecified atom stereocenters. The Hall–Kier alpha value is -4.28. The molecule has 3 aliphatic heterocycles. The average Bonchev–Trinajstić information content (AvgIpc) is 3.70. The Morgan fingerprint density at radius 1 is 0.854 bits per heavy atom. The summed E-state index contributed by atoms with van der Waals surface area (Å²) >= 11 is 0. The maximum Gasteiger partial charge on any atom is 0.245 e. The number of benzene rings is 2. The van der Waals surface area contributed by atoms with Crippen LogP contribution in [0.1, 0.15) is 45.2 Å². The Kier molecular flexibility index (Phi) is 9.58. The smallest absolute Gasteiger partial charge is 0.245 e. The molecular weight excluding hydrogens is 608 g/mol. The Morgan fingerprint density at radius 2 is 1.52 bits per heavy atom.